The molecule has 1 unspecified atom stereocenters. The van der Waals surface area contributed by atoms with Crippen molar-refractivity contribution >= 4 is 17.2 Å². The minimum Gasteiger partial charge on any atom is -0.342 e. The summed E-state index contributed by atoms with van der Waals surface area (Å²) in [6.45, 7) is 8.12. The molecule has 1 saturated carbocycles. The predicted octanol–water partition coefficient (Wildman–Crippen LogP) is 4.34. The monoisotopic (exact) mass is 335 g/mol. The lowest BCUT2D eigenvalue weighted by Crippen LogP contribution is -2.40. The van der Waals surface area contributed by atoms with E-state index in [4.69, 9.17) is 0 Å². The summed E-state index contributed by atoms with van der Waals surface area (Å²) < 4.78 is 0. The van der Waals surface area contributed by atoms with Crippen LogP contribution < -0.4 is 0 Å². The summed E-state index contributed by atoms with van der Waals surface area (Å²) in [5, 5.41) is 11.3. The fourth-order valence-electron chi connectivity index (χ4n) is 3.72. The average Bonchev–Trinajstić information content (AvgIpc) is 3.17. The number of aromatic nitrogens is 2. The number of carbonyl (C=O) groups is 1. The highest BCUT2D eigenvalue weighted by Gasteiger charge is 2.30. The standard InChI is InChI=1S/C18H29N3OS/c1-18(2,3)11-15(22)21-10-6-9-14(12-21)17-20-19-16(23-17)13-7-4-5-8-13/h13-14H,4-12H2,1-3H3. The maximum absolute atomic E-state index is 12.5. The highest BCUT2D eigenvalue weighted by atomic mass is 32.1. The molecule has 23 heavy (non-hydrogen) atoms. The van der Waals surface area contributed by atoms with Crippen molar-refractivity contribution in [2.45, 2.75) is 77.6 Å². The number of rotatable bonds is 3. The molecular weight excluding hydrogens is 306 g/mol. The summed E-state index contributed by atoms with van der Waals surface area (Å²) in [5.74, 6) is 1.33. The quantitative estimate of drug-likeness (QED) is 0.825. The van der Waals surface area contributed by atoms with Gasteiger partial charge >= 0.3 is 0 Å². The van der Waals surface area contributed by atoms with Crippen LogP contribution in [0.1, 0.15) is 87.6 Å². The van der Waals surface area contributed by atoms with Crippen molar-refractivity contribution < 1.29 is 4.79 Å². The Balaban J connectivity index is 1.63. The molecule has 2 fully saturated rings. The van der Waals surface area contributed by atoms with Crippen LogP contribution in [0.25, 0.3) is 0 Å². The van der Waals surface area contributed by atoms with Crippen molar-refractivity contribution in [3.8, 4) is 0 Å². The molecule has 1 aliphatic carbocycles. The second-order valence-corrected chi connectivity index (χ2v) is 9.42. The molecule has 1 saturated heterocycles. The van der Waals surface area contributed by atoms with E-state index in [9.17, 15) is 4.79 Å². The van der Waals surface area contributed by atoms with Crippen LogP contribution in [0, 0.1) is 5.41 Å². The second kappa shape index (κ2) is 6.88. The van der Waals surface area contributed by atoms with Gasteiger partial charge < -0.3 is 4.90 Å². The zero-order valence-corrected chi connectivity index (χ0v) is 15.5. The van der Waals surface area contributed by atoms with E-state index in [1.807, 2.05) is 0 Å². The van der Waals surface area contributed by atoms with Gasteiger partial charge in [0.25, 0.3) is 0 Å². The summed E-state index contributed by atoms with van der Waals surface area (Å²) >= 11 is 1.80. The van der Waals surface area contributed by atoms with Gasteiger partial charge in [0, 0.05) is 31.3 Å². The molecule has 3 rings (SSSR count). The molecule has 0 N–H and O–H groups in total. The van der Waals surface area contributed by atoms with Crippen LogP contribution in [0.15, 0.2) is 0 Å². The Morgan fingerprint density at radius 2 is 1.70 bits per heavy atom. The topological polar surface area (TPSA) is 46.1 Å². The predicted molar refractivity (Wildman–Crippen MR) is 93.7 cm³/mol. The highest BCUT2D eigenvalue weighted by molar-refractivity contribution is 7.11. The third kappa shape index (κ3) is 4.31. The molecule has 2 heterocycles. The first-order chi connectivity index (χ1) is 10.9. The van der Waals surface area contributed by atoms with Gasteiger partial charge in [0.05, 0.1) is 0 Å². The van der Waals surface area contributed by atoms with Crippen LogP contribution >= 0.6 is 11.3 Å². The molecule has 4 nitrogen and oxygen atoms in total. The van der Waals surface area contributed by atoms with Crippen molar-refractivity contribution in [3.05, 3.63) is 10.0 Å². The zero-order valence-electron chi connectivity index (χ0n) is 14.7. The minimum absolute atomic E-state index is 0.0579. The molecule has 0 radical (unpaired) electrons. The Hall–Kier alpha value is -0.970. The number of carbonyl (C=O) groups excluding carboxylic acids is 1. The first kappa shape index (κ1) is 16.9. The molecule has 1 amide bonds. The van der Waals surface area contributed by atoms with E-state index in [2.05, 4.69) is 35.9 Å². The van der Waals surface area contributed by atoms with Gasteiger partial charge in [0.15, 0.2) is 0 Å². The van der Waals surface area contributed by atoms with Crippen LogP contribution in [-0.4, -0.2) is 34.1 Å². The minimum atomic E-state index is 0.0579. The largest absolute Gasteiger partial charge is 0.342 e. The molecule has 2 aliphatic rings. The second-order valence-electron chi connectivity index (χ2n) is 8.38. The van der Waals surface area contributed by atoms with Crippen LogP contribution in [0.2, 0.25) is 0 Å². The third-order valence-electron chi connectivity index (χ3n) is 4.97. The van der Waals surface area contributed by atoms with E-state index in [0.29, 0.717) is 24.2 Å². The summed E-state index contributed by atoms with van der Waals surface area (Å²) in [6.07, 6.45) is 8.06. The first-order valence-electron chi connectivity index (χ1n) is 9.03. The van der Waals surface area contributed by atoms with Crippen LogP contribution in [0.4, 0.5) is 0 Å². The van der Waals surface area contributed by atoms with Crippen LogP contribution in [-0.2, 0) is 4.79 Å². The molecule has 0 bridgehead atoms. The van der Waals surface area contributed by atoms with Gasteiger partial charge in [0.1, 0.15) is 10.0 Å². The summed E-state index contributed by atoms with van der Waals surface area (Å²) in [4.78, 5) is 14.5. The number of amides is 1. The van der Waals surface area contributed by atoms with E-state index in [1.54, 1.807) is 11.3 Å². The van der Waals surface area contributed by atoms with Crippen molar-refractivity contribution in [2.24, 2.45) is 5.41 Å². The van der Waals surface area contributed by atoms with Crippen molar-refractivity contribution in [1.82, 2.24) is 15.1 Å². The fourth-order valence-corrected chi connectivity index (χ4v) is 4.86. The Labute approximate surface area is 143 Å². The molecule has 0 aromatic carbocycles. The van der Waals surface area contributed by atoms with E-state index in [-0.39, 0.29) is 5.41 Å². The lowest BCUT2D eigenvalue weighted by atomic mass is 9.90. The van der Waals surface area contributed by atoms with Gasteiger partial charge in [-0.2, -0.15) is 0 Å². The zero-order chi connectivity index (χ0) is 16.4. The molecule has 128 valence electrons. The first-order valence-corrected chi connectivity index (χ1v) is 9.85. The van der Waals surface area contributed by atoms with Gasteiger partial charge in [0.2, 0.25) is 5.91 Å². The van der Waals surface area contributed by atoms with Gasteiger partial charge in [-0.05, 0) is 31.1 Å². The average molecular weight is 336 g/mol. The molecule has 1 aromatic heterocycles. The maximum Gasteiger partial charge on any atom is 0.223 e. The van der Waals surface area contributed by atoms with E-state index in [1.165, 1.54) is 30.7 Å². The van der Waals surface area contributed by atoms with E-state index < -0.39 is 0 Å². The normalized spacial score (nSPS) is 23.4. The third-order valence-corrected chi connectivity index (χ3v) is 6.21. The summed E-state index contributed by atoms with van der Waals surface area (Å²) in [7, 11) is 0. The highest BCUT2D eigenvalue weighted by Crippen LogP contribution is 2.38. The Kier molecular flexibility index (Phi) is 5.04. The molecule has 5 heteroatoms. The Morgan fingerprint density at radius 3 is 2.35 bits per heavy atom. The number of nitrogens with zero attached hydrogens (tertiary/aromatic N) is 3. The SMILES string of the molecule is CC(C)(C)CC(=O)N1CCCC(c2nnc(C3CCCC3)s2)C1. The van der Waals surface area contributed by atoms with Gasteiger partial charge in [-0.15, -0.1) is 21.5 Å². The molecule has 0 spiro atoms. The van der Waals surface area contributed by atoms with Crippen LogP contribution in [0.3, 0.4) is 0 Å². The smallest absolute Gasteiger partial charge is 0.223 e. The lowest BCUT2D eigenvalue weighted by Gasteiger charge is -2.33. The lowest BCUT2D eigenvalue weighted by molar-refractivity contribution is -0.134. The van der Waals surface area contributed by atoms with Gasteiger partial charge in [-0.3, -0.25) is 4.79 Å². The van der Waals surface area contributed by atoms with Crippen molar-refractivity contribution in [1.29, 1.82) is 0 Å². The molecular formula is C18H29N3OS. The Bertz CT molecular complexity index is 543. The molecule has 1 atom stereocenters. The van der Waals surface area contributed by atoms with E-state index >= 15 is 0 Å². The fraction of sp³-hybridized carbons (Fsp3) is 0.833. The Morgan fingerprint density at radius 1 is 1.09 bits per heavy atom. The van der Waals surface area contributed by atoms with Crippen molar-refractivity contribution in [3.63, 3.8) is 0 Å². The number of piperidine rings is 1. The molecule has 1 aromatic rings. The maximum atomic E-state index is 12.5. The van der Waals surface area contributed by atoms with Crippen LogP contribution in [0.5, 0.6) is 0 Å². The number of likely N-dealkylation sites (tertiary alicyclic amines) is 1. The molecule has 1 aliphatic heterocycles. The number of hydrogen-bond donors (Lipinski definition) is 0. The summed E-state index contributed by atoms with van der Waals surface area (Å²) in [6, 6.07) is 0. The summed E-state index contributed by atoms with van der Waals surface area (Å²) in [5.41, 5.74) is 0.0579. The van der Waals surface area contributed by atoms with Crippen molar-refractivity contribution in [2.75, 3.05) is 13.1 Å². The number of hydrogen-bond acceptors (Lipinski definition) is 4. The van der Waals surface area contributed by atoms with Gasteiger partial charge in [-0.1, -0.05) is 33.6 Å². The van der Waals surface area contributed by atoms with Gasteiger partial charge in [-0.25, -0.2) is 0 Å². The van der Waals surface area contributed by atoms with E-state index in [0.717, 1.165) is 30.9 Å².